The molecule has 0 fully saturated rings. The third-order valence-electron chi connectivity index (χ3n) is 3.68. The fourth-order valence-electron chi connectivity index (χ4n) is 2.41. The molecule has 0 saturated heterocycles. The fraction of sp³-hybridized carbons (Fsp3) is 0.389. The topological polar surface area (TPSA) is 41.6 Å². The molecule has 5 heteroatoms. The highest BCUT2D eigenvalue weighted by atomic mass is 32.1. The molecule has 1 heterocycles. The second-order valence-corrected chi connectivity index (χ2v) is 6.33. The number of hydrogen-bond acceptors (Lipinski definition) is 4. The lowest BCUT2D eigenvalue weighted by atomic mass is 10.1. The van der Waals surface area contributed by atoms with Crippen molar-refractivity contribution in [2.24, 2.45) is 0 Å². The van der Waals surface area contributed by atoms with E-state index in [2.05, 4.69) is 28.6 Å². The zero-order valence-electron chi connectivity index (χ0n) is 13.7. The molecule has 0 bridgehead atoms. The molecule has 4 nitrogen and oxygen atoms in total. The van der Waals surface area contributed by atoms with Gasteiger partial charge in [0.15, 0.2) is 0 Å². The van der Waals surface area contributed by atoms with E-state index in [0.717, 1.165) is 30.8 Å². The minimum absolute atomic E-state index is 0.0679. The molecule has 0 aliphatic carbocycles. The third kappa shape index (κ3) is 5.69. The molecule has 124 valence electrons. The highest BCUT2D eigenvalue weighted by Crippen LogP contribution is 2.17. The van der Waals surface area contributed by atoms with Gasteiger partial charge in [-0.05, 0) is 36.0 Å². The fourth-order valence-corrected chi connectivity index (χ4v) is 3.15. The molecule has 0 aliphatic heterocycles. The quantitative estimate of drug-likeness (QED) is 0.768. The van der Waals surface area contributed by atoms with Gasteiger partial charge in [0.25, 0.3) is 0 Å². The zero-order valence-corrected chi connectivity index (χ0v) is 14.6. The summed E-state index contributed by atoms with van der Waals surface area (Å²) in [6.07, 6.45) is 0.771. The Morgan fingerprint density at radius 1 is 1.26 bits per heavy atom. The molecule has 0 radical (unpaired) electrons. The van der Waals surface area contributed by atoms with Crippen LogP contribution in [0.15, 0.2) is 41.8 Å². The second kappa shape index (κ2) is 9.33. The highest BCUT2D eigenvalue weighted by Gasteiger charge is 2.10. The molecule has 1 aromatic carbocycles. The van der Waals surface area contributed by atoms with E-state index in [1.54, 1.807) is 18.4 Å². The number of carbonyl (C=O) groups excluding carboxylic acids is 1. The van der Waals surface area contributed by atoms with Gasteiger partial charge in [0.2, 0.25) is 5.91 Å². The number of nitrogens with one attached hydrogen (secondary N) is 1. The van der Waals surface area contributed by atoms with Crippen LogP contribution >= 0.6 is 11.3 Å². The Morgan fingerprint density at radius 3 is 2.78 bits per heavy atom. The van der Waals surface area contributed by atoms with Crippen molar-refractivity contribution in [2.45, 2.75) is 19.9 Å². The summed E-state index contributed by atoms with van der Waals surface area (Å²) in [7, 11) is 1.67. The number of benzene rings is 1. The summed E-state index contributed by atoms with van der Waals surface area (Å²) in [6.45, 7) is 4.82. The van der Waals surface area contributed by atoms with Gasteiger partial charge in [-0.25, -0.2) is 0 Å². The summed E-state index contributed by atoms with van der Waals surface area (Å²) in [5.41, 5.74) is 1.11. The largest absolute Gasteiger partial charge is 0.496 e. The molecule has 1 amide bonds. The van der Waals surface area contributed by atoms with Crippen molar-refractivity contribution in [3.8, 4) is 5.75 Å². The van der Waals surface area contributed by atoms with Crippen LogP contribution in [0.2, 0.25) is 0 Å². The number of nitrogens with zero attached hydrogens (tertiary/aromatic N) is 1. The Bertz CT molecular complexity index is 599. The number of para-hydroxylation sites is 1. The van der Waals surface area contributed by atoms with Gasteiger partial charge in [0.05, 0.1) is 13.7 Å². The number of carbonyl (C=O) groups is 1. The predicted molar refractivity (Wildman–Crippen MR) is 95.0 cm³/mol. The monoisotopic (exact) mass is 332 g/mol. The molecule has 0 aliphatic rings. The summed E-state index contributed by atoms with van der Waals surface area (Å²) in [5.74, 6) is 0.938. The van der Waals surface area contributed by atoms with Crippen LogP contribution in [0.1, 0.15) is 17.4 Å². The number of hydrogen-bond donors (Lipinski definition) is 1. The Labute approximate surface area is 142 Å². The normalized spacial score (nSPS) is 10.7. The minimum Gasteiger partial charge on any atom is -0.496 e. The number of thiophene rings is 1. The summed E-state index contributed by atoms with van der Waals surface area (Å²) in [4.78, 5) is 15.5. The Morgan fingerprint density at radius 2 is 2.09 bits per heavy atom. The Balaban J connectivity index is 1.75. The summed E-state index contributed by atoms with van der Waals surface area (Å²) in [6, 6.07) is 12.1. The Hall–Kier alpha value is -1.85. The lowest BCUT2D eigenvalue weighted by Gasteiger charge is -2.19. The maximum Gasteiger partial charge on any atom is 0.234 e. The average molecular weight is 332 g/mol. The van der Waals surface area contributed by atoms with Gasteiger partial charge in [-0.15, -0.1) is 11.3 Å². The van der Waals surface area contributed by atoms with E-state index in [1.807, 2.05) is 30.3 Å². The molecule has 0 unspecified atom stereocenters. The van der Waals surface area contributed by atoms with Crippen molar-refractivity contribution in [1.82, 2.24) is 10.2 Å². The van der Waals surface area contributed by atoms with Crippen LogP contribution < -0.4 is 10.1 Å². The van der Waals surface area contributed by atoms with Gasteiger partial charge < -0.3 is 10.1 Å². The molecule has 0 atom stereocenters. The SMILES string of the molecule is CCN(CC(=O)NCCc1ccccc1OC)Cc1cccs1. The van der Waals surface area contributed by atoms with Crippen LogP contribution in [0.3, 0.4) is 0 Å². The number of ether oxygens (including phenoxy) is 1. The van der Waals surface area contributed by atoms with E-state index in [4.69, 9.17) is 4.74 Å². The van der Waals surface area contributed by atoms with Crippen LogP contribution in [0, 0.1) is 0 Å². The first kappa shape index (κ1) is 17.5. The van der Waals surface area contributed by atoms with Crippen LogP contribution in [-0.4, -0.2) is 37.6 Å². The van der Waals surface area contributed by atoms with Crippen molar-refractivity contribution in [1.29, 1.82) is 0 Å². The molecule has 0 saturated carbocycles. The first-order valence-electron chi connectivity index (χ1n) is 7.86. The number of likely N-dealkylation sites (N-methyl/N-ethyl adjacent to an activating group) is 1. The number of rotatable bonds is 9. The lowest BCUT2D eigenvalue weighted by Crippen LogP contribution is -2.37. The first-order chi connectivity index (χ1) is 11.2. The summed E-state index contributed by atoms with van der Waals surface area (Å²) >= 11 is 1.73. The van der Waals surface area contributed by atoms with Gasteiger partial charge in [-0.2, -0.15) is 0 Å². The third-order valence-corrected chi connectivity index (χ3v) is 4.54. The second-order valence-electron chi connectivity index (χ2n) is 5.29. The number of amides is 1. The predicted octanol–water partition coefficient (Wildman–Crippen LogP) is 2.94. The standard InChI is InChI=1S/C18H24N2O2S/c1-3-20(13-16-8-6-12-23-16)14-18(21)19-11-10-15-7-4-5-9-17(15)22-2/h4-9,12H,3,10-11,13-14H2,1-2H3,(H,19,21). The van der Waals surface area contributed by atoms with E-state index < -0.39 is 0 Å². The molecule has 0 spiro atoms. The first-order valence-corrected chi connectivity index (χ1v) is 8.74. The minimum atomic E-state index is 0.0679. The molecule has 2 aromatic rings. The van der Waals surface area contributed by atoms with Crippen molar-refractivity contribution in [2.75, 3.05) is 26.7 Å². The molecule has 2 rings (SSSR count). The average Bonchev–Trinajstić information content (AvgIpc) is 3.07. The van der Waals surface area contributed by atoms with E-state index in [-0.39, 0.29) is 5.91 Å². The molecular weight excluding hydrogens is 308 g/mol. The maximum atomic E-state index is 12.1. The highest BCUT2D eigenvalue weighted by molar-refractivity contribution is 7.09. The van der Waals surface area contributed by atoms with Crippen molar-refractivity contribution >= 4 is 17.2 Å². The smallest absolute Gasteiger partial charge is 0.234 e. The lowest BCUT2D eigenvalue weighted by molar-refractivity contribution is -0.122. The van der Waals surface area contributed by atoms with Crippen LogP contribution in [0.4, 0.5) is 0 Å². The van der Waals surface area contributed by atoms with Crippen molar-refractivity contribution < 1.29 is 9.53 Å². The van der Waals surface area contributed by atoms with E-state index in [1.165, 1.54) is 4.88 Å². The molecule has 1 aromatic heterocycles. The van der Waals surface area contributed by atoms with Crippen LogP contribution in [-0.2, 0) is 17.8 Å². The molecular formula is C18H24N2O2S. The van der Waals surface area contributed by atoms with Crippen LogP contribution in [0.25, 0.3) is 0 Å². The molecule has 1 N–H and O–H groups in total. The van der Waals surface area contributed by atoms with Gasteiger partial charge in [-0.1, -0.05) is 31.2 Å². The van der Waals surface area contributed by atoms with Crippen molar-refractivity contribution in [3.05, 3.63) is 52.2 Å². The number of methoxy groups -OCH3 is 1. The Kier molecular flexibility index (Phi) is 7.10. The van der Waals surface area contributed by atoms with Crippen LogP contribution in [0.5, 0.6) is 5.75 Å². The molecule has 23 heavy (non-hydrogen) atoms. The van der Waals surface area contributed by atoms with Gasteiger partial charge in [0.1, 0.15) is 5.75 Å². The van der Waals surface area contributed by atoms with E-state index in [9.17, 15) is 4.79 Å². The van der Waals surface area contributed by atoms with E-state index >= 15 is 0 Å². The van der Waals surface area contributed by atoms with Gasteiger partial charge in [-0.3, -0.25) is 9.69 Å². The summed E-state index contributed by atoms with van der Waals surface area (Å²) in [5, 5.41) is 5.06. The van der Waals surface area contributed by atoms with Gasteiger partial charge in [0, 0.05) is 18.0 Å². The maximum absolute atomic E-state index is 12.1. The summed E-state index contributed by atoms with van der Waals surface area (Å²) < 4.78 is 5.32. The van der Waals surface area contributed by atoms with Gasteiger partial charge >= 0.3 is 0 Å². The zero-order chi connectivity index (χ0) is 16.5. The van der Waals surface area contributed by atoms with E-state index in [0.29, 0.717) is 13.1 Å². The van der Waals surface area contributed by atoms with Crippen molar-refractivity contribution in [3.63, 3.8) is 0 Å².